The first-order valence-electron chi connectivity index (χ1n) is 10.8. The first-order valence-corrected chi connectivity index (χ1v) is 10.8. The smallest absolute Gasteiger partial charge is 0.322 e. The Morgan fingerprint density at radius 1 is 0.900 bits per heavy atom. The number of hydrogen-bond acceptors (Lipinski definition) is 3. The summed E-state index contributed by atoms with van der Waals surface area (Å²) in [5.74, 6) is 0.258. The van der Waals surface area contributed by atoms with E-state index in [4.69, 9.17) is 0 Å². The minimum Gasteiger partial charge on any atom is -0.326 e. The summed E-state index contributed by atoms with van der Waals surface area (Å²) in [5, 5.41) is 5.98. The number of nitrogens with one attached hydrogen (secondary N) is 2. The summed E-state index contributed by atoms with van der Waals surface area (Å²) in [6, 6.07) is 17.6. The topological polar surface area (TPSA) is 64.7 Å². The van der Waals surface area contributed by atoms with Gasteiger partial charge in [-0.1, -0.05) is 30.3 Å². The van der Waals surface area contributed by atoms with Crippen molar-refractivity contribution in [2.45, 2.75) is 38.3 Å². The van der Waals surface area contributed by atoms with Crippen molar-refractivity contribution >= 4 is 23.3 Å². The van der Waals surface area contributed by atoms with Crippen molar-refractivity contribution in [3.05, 3.63) is 60.2 Å². The number of nitrogens with zero attached hydrogens (tertiary/aromatic N) is 2. The Labute approximate surface area is 178 Å². The average Bonchev–Trinajstić information content (AvgIpc) is 3.60. The molecule has 0 radical (unpaired) electrons. The average molecular weight is 407 g/mol. The third kappa shape index (κ3) is 5.39. The first kappa shape index (κ1) is 20.4. The van der Waals surface area contributed by atoms with Gasteiger partial charge in [-0.05, 0) is 75.6 Å². The van der Waals surface area contributed by atoms with Crippen LogP contribution in [-0.4, -0.2) is 47.9 Å². The monoisotopic (exact) mass is 406 g/mol. The number of carbonyl (C=O) groups is 2. The molecular formula is C24H30N4O2. The summed E-state index contributed by atoms with van der Waals surface area (Å²) in [4.78, 5) is 29.4. The van der Waals surface area contributed by atoms with Gasteiger partial charge >= 0.3 is 6.03 Å². The van der Waals surface area contributed by atoms with Gasteiger partial charge in [0, 0.05) is 29.9 Å². The fourth-order valence-corrected chi connectivity index (χ4v) is 3.88. The zero-order valence-electron chi connectivity index (χ0n) is 17.5. The lowest BCUT2D eigenvalue weighted by atomic mass is 10.0. The summed E-state index contributed by atoms with van der Waals surface area (Å²) in [5.41, 5.74) is 2.63. The van der Waals surface area contributed by atoms with Gasteiger partial charge < -0.3 is 20.4 Å². The predicted octanol–water partition coefficient (Wildman–Crippen LogP) is 4.16. The van der Waals surface area contributed by atoms with Crippen molar-refractivity contribution in [1.29, 1.82) is 0 Å². The van der Waals surface area contributed by atoms with Gasteiger partial charge in [-0.15, -0.1) is 0 Å². The molecule has 3 amide bonds. The molecule has 2 aromatic rings. The standard InChI is InChI=1S/C24H30N4O2/c1-27-15-13-22(14-16-27)28(17-18-5-3-2-4-6-18)24(30)26-21-11-9-20(10-12-21)25-23(29)19-7-8-19/h2-6,9-12,19,22H,7-8,13-17H2,1H3,(H,25,29)(H,26,30). The lowest BCUT2D eigenvalue weighted by Gasteiger charge is -2.37. The molecule has 1 saturated carbocycles. The zero-order valence-corrected chi connectivity index (χ0v) is 17.5. The number of rotatable bonds is 6. The SMILES string of the molecule is CN1CCC(N(Cc2ccccc2)C(=O)Nc2ccc(NC(=O)C3CC3)cc2)CC1. The normalized spacial score (nSPS) is 17.4. The molecule has 0 bridgehead atoms. The Hall–Kier alpha value is -2.86. The number of urea groups is 1. The molecule has 1 saturated heterocycles. The highest BCUT2D eigenvalue weighted by molar-refractivity contribution is 5.94. The highest BCUT2D eigenvalue weighted by Crippen LogP contribution is 2.30. The lowest BCUT2D eigenvalue weighted by Crippen LogP contribution is -2.47. The van der Waals surface area contributed by atoms with E-state index in [2.05, 4.69) is 34.7 Å². The second kappa shape index (κ2) is 9.30. The summed E-state index contributed by atoms with van der Waals surface area (Å²) >= 11 is 0. The molecule has 1 heterocycles. The van der Waals surface area contributed by atoms with Crippen LogP contribution in [0, 0.1) is 5.92 Å². The number of anilines is 2. The number of likely N-dealkylation sites (tertiary alicyclic amines) is 1. The van der Waals surface area contributed by atoms with Crippen LogP contribution >= 0.6 is 0 Å². The van der Waals surface area contributed by atoms with E-state index >= 15 is 0 Å². The molecule has 0 atom stereocenters. The van der Waals surface area contributed by atoms with Crippen molar-refractivity contribution in [3.63, 3.8) is 0 Å². The maximum absolute atomic E-state index is 13.2. The van der Waals surface area contributed by atoms with Gasteiger partial charge in [0.1, 0.15) is 0 Å². The Morgan fingerprint density at radius 3 is 2.10 bits per heavy atom. The third-order valence-electron chi connectivity index (χ3n) is 5.94. The van der Waals surface area contributed by atoms with E-state index < -0.39 is 0 Å². The Kier molecular flexibility index (Phi) is 6.33. The fraction of sp³-hybridized carbons (Fsp3) is 0.417. The summed E-state index contributed by atoms with van der Waals surface area (Å²) in [7, 11) is 2.13. The van der Waals surface area contributed by atoms with E-state index in [1.807, 2.05) is 47.4 Å². The fourth-order valence-electron chi connectivity index (χ4n) is 3.88. The summed E-state index contributed by atoms with van der Waals surface area (Å²) in [6.45, 7) is 2.59. The van der Waals surface area contributed by atoms with E-state index in [1.54, 1.807) is 0 Å². The molecule has 30 heavy (non-hydrogen) atoms. The van der Waals surface area contributed by atoms with Crippen molar-refractivity contribution < 1.29 is 9.59 Å². The lowest BCUT2D eigenvalue weighted by molar-refractivity contribution is -0.117. The van der Waals surface area contributed by atoms with Gasteiger partial charge in [0.2, 0.25) is 5.91 Å². The molecule has 0 spiro atoms. The van der Waals surface area contributed by atoms with E-state index in [0.29, 0.717) is 6.54 Å². The van der Waals surface area contributed by atoms with Crippen LogP contribution < -0.4 is 10.6 Å². The molecular weight excluding hydrogens is 376 g/mol. The second-order valence-electron chi connectivity index (χ2n) is 8.42. The molecule has 0 unspecified atom stereocenters. The van der Waals surface area contributed by atoms with Crippen LogP contribution in [0.1, 0.15) is 31.2 Å². The molecule has 0 aromatic heterocycles. The highest BCUT2D eigenvalue weighted by Gasteiger charge is 2.30. The first-order chi connectivity index (χ1) is 14.6. The molecule has 2 aliphatic rings. The van der Waals surface area contributed by atoms with Crippen LogP contribution in [0.25, 0.3) is 0 Å². The Morgan fingerprint density at radius 2 is 1.50 bits per heavy atom. The van der Waals surface area contributed by atoms with Gasteiger partial charge in [-0.3, -0.25) is 4.79 Å². The van der Waals surface area contributed by atoms with E-state index in [0.717, 1.165) is 55.7 Å². The van der Waals surface area contributed by atoms with Gasteiger partial charge in [0.05, 0.1) is 0 Å². The Balaban J connectivity index is 1.42. The molecule has 6 heteroatoms. The number of benzene rings is 2. The zero-order chi connectivity index (χ0) is 20.9. The molecule has 1 aliphatic carbocycles. The number of piperidine rings is 1. The molecule has 158 valence electrons. The second-order valence-corrected chi connectivity index (χ2v) is 8.42. The van der Waals surface area contributed by atoms with E-state index in [9.17, 15) is 9.59 Å². The maximum atomic E-state index is 13.2. The third-order valence-corrected chi connectivity index (χ3v) is 5.94. The summed E-state index contributed by atoms with van der Waals surface area (Å²) < 4.78 is 0. The van der Waals surface area contributed by atoms with Crippen molar-refractivity contribution in [3.8, 4) is 0 Å². The van der Waals surface area contributed by atoms with Gasteiger partial charge in [0.15, 0.2) is 0 Å². The highest BCUT2D eigenvalue weighted by atomic mass is 16.2. The number of hydrogen-bond donors (Lipinski definition) is 2. The largest absolute Gasteiger partial charge is 0.326 e. The minimum absolute atomic E-state index is 0.0804. The molecule has 2 fully saturated rings. The molecule has 2 aromatic carbocycles. The van der Waals surface area contributed by atoms with Crippen LogP contribution in [0.15, 0.2) is 54.6 Å². The number of carbonyl (C=O) groups excluding carboxylic acids is 2. The molecule has 4 rings (SSSR count). The van der Waals surface area contributed by atoms with Crippen LogP contribution in [0.3, 0.4) is 0 Å². The minimum atomic E-state index is -0.0804. The van der Waals surface area contributed by atoms with E-state index in [-0.39, 0.29) is 23.9 Å². The van der Waals surface area contributed by atoms with Crippen LogP contribution in [0.2, 0.25) is 0 Å². The number of amides is 3. The van der Waals surface area contributed by atoms with Crippen molar-refractivity contribution in [1.82, 2.24) is 9.80 Å². The molecule has 6 nitrogen and oxygen atoms in total. The van der Waals surface area contributed by atoms with Crippen LogP contribution in [0.5, 0.6) is 0 Å². The van der Waals surface area contributed by atoms with Crippen molar-refractivity contribution in [2.24, 2.45) is 5.92 Å². The quantitative estimate of drug-likeness (QED) is 0.757. The van der Waals surface area contributed by atoms with Crippen LogP contribution in [-0.2, 0) is 11.3 Å². The maximum Gasteiger partial charge on any atom is 0.322 e. The predicted molar refractivity (Wildman–Crippen MR) is 119 cm³/mol. The van der Waals surface area contributed by atoms with Gasteiger partial charge in [-0.2, -0.15) is 0 Å². The molecule has 2 N–H and O–H groups in total. The van der Waals surface area contributed by atoms with Crippen LogP contribution in [0.4, 0.5) is 16.2 Å². The van der Waals surface area contributed by atoms with Gasteiger partial charge in [0.25, 0.3) is 0 Å². The molecule has 1 aliphatic heterocycles. The van der Waals surface area contributed by atoms with Crippen molar-refractivity contribution in [2.75, 3.05) is 30.8 Å². The summed E-state index contributed by atoms with van der Waals surface area (Å²) in [6.07, 6.45) is 3.91. The Bertz CT molecular complexity index is 857. The van der Waals surface area contributed by atoms with E-state index in [1.165, 1.54) is 0 Å². The van der Waals surface area contributed by atoms with Gasteiger partial charge in [-0.25, -0.2) is 4.79 Å².